The number of benzene rings is 1. The standard InChI is InChI=1S/C9H8O3S/c10-7-1-3-8(4-2-7)12-9(11)5-6-13/h1-4,6,10H,5H2. The van der Waals surface area contributed by atoms with E-state index in [0.29, 0.717) is 5.75 Å². The summed E-state index contributed by atoms with van der Waals surface area (Å²) in [6, 6.07) is 5.91. The van der Waals surface area contributed by atoms with Gasteiger partial charge in [-0.15, -0.1) is 0 Å². The van der Waals surface area contributed by atoms with Crippen molar-refractivity contribution in [3.05, 3.63) is 24.3 Å². The Bertz CT molecular complexity index is 305. The Hall–Kier alpha value is -1.42. The zero-order valence-electron chi connectivity index (χ0n) is 6.77. The maximum Gasteiger partial charge on any atom is 0.315 e. The first-order valence-corrected chi connectivity index (χ1v) is 4.13. The van der Waals surface area contributed by atoms with E-state index in [1.165, 1.54) is 29.6 Å². The zero-order chi connectivity index (χ0) is 9.68. The van der Waals surface area contributed by atoms with Crippen LogP contribution < -0.4 is 4.74 Å². The van der Waals surface area contributed by atoms with Crippen LogP contribution in [0.15, 0.2) is 24.3 Å². The summed E-state index contributed by atoms with van der Waals surface area (Å²) in [7, 11) is 0. The highest BCUT2D eigenvalue weighted by molar-refractivity contribution is 7.79. The molecule has 0 saturated carbocycles. The molecule has 0 aliphatic heterocycles. The number of carbonyl (C=O) groups is 1. The van der Waals surface area contributed by atoms with E-state index in [0.717, 1.165) is 0 Å². The first kappa shape index (κ1) is 9.67. The van der Waals surface area contributed by atoms with Gasteiger partial charge in [-0.05, 0) is 29.6 Å². The number of ether oxygens (including phenoxy) is 1. The summed E-state index contributed by atoms with van der Waals surface area (Å²) < 4.78 is 4.86. The van der Waals surface area contributed by atoms with Gasteiger partial charge in [-0.1, -0.05) is 12.2 Å². The number of esters is 1. The normalized spacial score (nSPS) is 9.23. The van der Waals surface area contributed by atoms with Crippen molar-refractivity contribution in [3.63, 3.8) is 0 Å². The molecule has 0 radical (unpaired) electrons. The molecule has 0 spiro atoms. The molecule has 0 heterocycles. The number of rotatable bonds is 3. The summed E-state index contributed by atoms with van der Waals surface area (Å²) in [4.78, 5) is 10.9. The Morgan fingerprint density at radius 3 is 2.62 bits per heavy atom. The first-order chi connectivity index (χ1) is 6.22. The summed E-state index contributed by atoms with van der Waals surface area (Å²) in [5.41, 5.74) is 0. The van der Waals surface area contributed by atoms with Crippen LogP contribution in [0.25, 0.3) is 0 Å². The maximum absolute atomic E-state index is 10.9. The molecule has 1 aromatic rings. The molecular weight excluding hydrogens is 188 g/mol. The van der Waals surface area contributed by atoms with Gasteiger partial charge in [0, 0.05) is 0 Å². The number of thiocarbonyl (C=S) groups is 1. The third-order valence-electron chi connectivity index (χ3n) is 1.32. The third-order valence-corrected chi connectivity index (χ3v) is 1.49. The molecule has 1 aromatic carbocycles. The largest absolute Gasteiger partial charge is 0.508 e. The lowest BCUT2D eigenvalue weighted by Gasteiger charge is -2.01. The Labute approximate surface area is 81.0 Å². The van der Waals surface area contributed by atoms with Crippen molar-refractivity contribution < 1.29 is 14.6 Å². The minimum Gasteiger partial charge on any atom is -0.508 e. The van der Waals surface area contributed by atoms with Gasteiger partial charge >= 0.3 is 5.97 Å². The maximum atomic E-state index is 10.9. The molecule has 4 heteroatoms. The van der Waals surface area contributed by atoms with Crippen LogP contribution in [0.4, 0.5) is 0 Å². The molecule has 13 heavy (non-hydrogen) atoms. The van der Waals surface area contributed by atoms with Crippen LogP contribution in [0.1, 0.15) is 6.42 Å². The molecule has 0 fully saturated rings. The van der Waals surface area contributed by atoms with Crippen molar-refractivity contribution >= 4 is 23.6 Å². The molecule has 1 rings (SSSR count). The molecule has 0 aromatic heterocycles. The van der Waals surface area contributed by atoms with Gasteiger partial charge in [0.25, 0.3) is 0 Å². The summed E-state index contributed by atoms with van der Waals surface area (Å²) in [6.45, 7) is 0. The molecule has 0 bridgehead atoms. The fraction of sp³-hybridized carbons (Fsp3) is 0.111. The van der Waals surface area contributed by atoms with E-state index in [9.17, 15) is 4.79 Å². The van der Waals surface area contributed by atoms with Crippen molar-refractivity contribution in [3.8, 4) is 11.5 Å². The lowest BCUT2D eigenvalue weighted by Crippen LogP contribution is -2.07. The van der Waals surface area contributed by atoms with Crippen LogP contribution in [0.5, 0.6) is 11.5 Å². The predicted molar refractivity (Wildman–Crippen MR) is 52.0 cm³/mol. The highest BCUT2D eigenvalue weighted by Gasteiger charge is 2.01. The molecular formula is C9H8O3S. The summed E-state index contributed by atoms with van der Waals surface area (Å²) in [6.07, 6.45) is 0.107. The van der Waals surface area contributed by atoms with E-state index in [1.807, 2.05) is 0 Å². The van der Waals surface area contributed by atoms with E-state index >= 15 is 0 Å². The van der Waals surface area contributed by atoms with E-state index in [4.69, 9.17) is 9.84 Å². The molecule has 1 N–H and O–H groups in total. The van der Waals surface area contributed by atoms with Crippen molar-refractivity contribution in [2.75, 3.05) is 0 Å². The second-order valence-corrected chi connectivity index (χ2v) is 2.67. The first-order valence-electron chi connectivity index (χ1n) is 3.65. The summed E-state index contributed by atoms with van der Waals surface area (Å²) in [5, 5.41) is 10.2. The topological polar surface area (TPSA) is 46.5 Å². The molecule has 68 valence electrons. The van der Waals surface area contributed by atoms with E-state index in [-0.39, 0.29) is 12.2 Å². The van der Waals surface area contributed by atoms with Gasteiger partial charge in [0.05, 0.1) is 6.42 Å². The van der Waals surface area contributed by atoms with Gasteiger partial charge in [0.2, 0.25) is 0 Å². The lowest BCUT2D eigenvalue weighted by molar-refractivity contribution is -0.132. The Morgan fingerprint density at radius 2 is 2.08 bits per heavy atom. The van der Waals surface area contributed by atoms with Gasteiger partial charge in [-0.3, -0.25) is 4.79 Å². The lowest BCUT2D eigenvalue weighted by atomic mass is 10.3. The average Bonchev–Trinajstić information content (AvgIpc) is 2.09. The monoisotopic (exact) mass is 196 g/mol. The summed E-state index contributed by atoms with van der Waals surface area (Å²) >= 11 is 4.50. The van der Waals surface area contributed by atoms with Gasteiger partial charge in [-0.25, -0.2) is 0 Å². The second kappa shape index (κ2) is 4.57. The minimum atomic E-state index is -0.402. The highest BCUT2D eigenvalue weighted by Crippen LogP contribution is 2.15. The average molecular weight is 196 g/mol. The van der Waals surface area contributed by atoms with Gasteiger partial charge < -0.3 is 9.84 Å². The van der Waals surface area contributed by atoms with Crippen LogP contribution in [0, 0.1) is 0 Å². The minimum absolute atomic E-state index is 0.107. The number of aromatic hydroxyl groups is 1. The van der Waals surface area contributed by atoms with Crippen molar-refractivity contribution in [1.29, 1.82) is 0 Å². The van der Waals surface area contributed by atoms with Gasteiger partial charge in [0.15, 0.2) is 0 Å². The van der Waals surface area contributed by atoms with Crippen molar-refractivity contribution in [2.24, 2.45) is 0 Å². The van der Waals surface area contributed by atoms with Crippen LogP contribution in [0.3, 0.4) is 0 Å². The molecule has 0 aliphatic rings. The molecule has 0 atom stereocenters. The Balaban J connectivity index is 2.59. The molecule has 0 saturated heterocycles. The SMILES string of the molecule is O=C(CC=S)Oc1ccc(O)cc1. The zero-order valence-corrected chi connectivity index (χ0v) is 7.58. The van der Waals surface area contributed by atoms with Crippen LogP contribution in [-0.2, 0) is 4.79 Å². The molecule has 0 unspecified atom stereocenters. The highest BCUT2D eigenvalue weighted by atomic mass is 32.1. The molecule has 3 nitrogen and oxygen atoms in total. The van der Waals surface area contributed by atoms with Gasteiger partial charge in [0.1, 0.15) is 11.5 Å². The van der Waals surface area contributed by atoms with Crippen molar-refractivity contribution in [1.82, 2.24) is 0 Å². The number of hydrogen-bond donors (Lipinski definition) is 1. The smallest absolute Gasteiger partial charge is 0.315 e. The number of phenols is 1. The molecule has 0 amide bonds. The fourth-order valence-electron chi connectivity index (χ4n) is 0.755. The van der Waals surface area contributed by atoms with Crippen LogP contribution >= 0.6 is 12.2 Å². The van der Waals surface area contributed by atoms with Gasteiger partial charge in [-0.2, -0.15) is 0 Å². The number of phenolic OH excluding ortho intramolecular Hbond substituents is 1. The van der Waals surface area contributed by atoms with E-state index < -0.39 is 5.97 Å². The molecule has 0 aliphatic carbocycles. The summed E-state index contributed by atoms with van der Waals surface area (Å²) in [5.74, 6) is 0.134. The van der Waals surface area contributed by atoms with Crippen molar-refractivity contribution in [2.45, 2.75) is 6.42 Å². The van der Waals surface area contributed by atoms with E-state index in [2.05, 4.69) is 12.2 Å². The third kappa shape index (κ3) is 3.21. The van der Waals surface area contributed by atoms with Crippen LogP contribution in [-0.4, -0.2) is 16.4 Å². The fourth-order valence-corrected chi connectivity index (χ4v) is 0.891. The number of carbonyl (C=O) groups excluding carboxylic acids is 1. The van der Waals surface area contributed by atoms with Crippen LogP contribution in [0.2, 0.25) is 0 Å². The quantitative estimate of drug-likeness (QED) is 0.454. The second-order valence-electron chi connectivity index (χ2n) is 2.34. The Kier molecular flexibility index (Phi) is 3.40. The predicted octanol–water partition coefficient (Wildman–Crippen LogP) is 1.69. The Morgan fingerprint density at radius 1 is 1.46 bits per heavy atom. The number of hydrogen-bond acceptors (Lipinski definition) is 4. The van der Waals surface area contributed by atoms with E-state index in [1.54, 1.807) is 0 Å².